The molecule has 0 aliphatic heterocycles. The molecule has 0 saturated carbocycles. The van der Waals surface area contributed by atoms with E-state index in [-0.39, 0.29) is 0 Å². The molecule has 1 aromatic heterocycles. The fourth-order valence-electron chi connectivity index (χ4n) is 8.58. The van der Waals surface area contributed by atoms with Crippen LogP contribution in [0.2, 0.25) is 0 Å². The average Bonchev–Trinajstić information content (AvgIpc) is 3.51. The zero-order chi connectivity index (χ0) is 35.5. The molecular formula is C51H37N2+. The number of hydrogen-bond acceptors (Lipinski definition) is 0. The molecule has 0 unspecified atom stereocenters. The molecule has 2 heteroatoms. The number of nitrogens with zero attached hydrogens (tertiary/aromatic N) is 2. The summed E-state index contributed by atoms with van der Waals surface area (Å²) in [7, 11) is 2.22. The van der Waals surface area contributed by atoms with E-state index in [0.29, 0.717) is 0 Å². The molecule has 0 bridgehead atoms. The van der Waals surface area contributed by atoms with Gasteiger partial charge in [0.2, 0.25) is 0 Å². The van der Waals surface area contributed by atoms with Gasteiger partial charge in [0, 0.05) is 11.1 Å². The first-order chi connectivity index (χ1) is 26.2. The zero-order valence-corrected chi connectivity index (χ0v) is 29.8. The third-order valence-corrected chi connectivity index (χ3v) is 11.0. The first kappa shape index (κ1) is 31.0. The van der Waals surface area contributed by atoms with Gasteiger partial charge >= 0.3 is 0 Å². The summed E-state index contributed by atoms with van der Waals surface area (Å²) in [5.74, 6) is 1.14. The molecule has 0 fully saturated rings. The molecule has 1 heterocycles. The van der Waals surface area contributed by atoms with Crippen molar-refractivity contribution in [1.29, 1.82) is 0 Å². The molecule has 0 atom stereocenters. The van der Waals surface area contributed by atoms with E-state index in [2.05, 4.69) is 211 Å². The summed E-state index contributed by atoms with van der Waals surface area (Å²) in [6, 6.07) is 68.8. The highest BCUT2D eigenvalue weighted by Crippen LogP contribution is 2.49. The van der Waals surface area contributed by atoms with Crippen molar-refractivity contribution >= 4 is 11.0 Å². The molecule has 0 N–H and O–H groups in total. The van der Waals surface area contributed by atoms with Crippen LogP contribution in [0.3, 0.4) is 0 Å². The number of fused-ring (bicyclic) bond motifs is 9. The van der Waals surface area contributed by atoms with E-state index < -0.39 is 0 Å². The van der Waals surface area contributed by atoms with Crippen LogP contribution in [0.15, 0.2) is 188 Å². The minimum atomic E-state index is 1.14. The van der Waals surface area contributed by atoms with Gasteiger partial charge in [0.15, 0.2) is 11.0 Å². The predicted octanol–water partition coefficient (Wildman–Crippen LogP) is 12.7. The lowest BCUT2D eigenvalue weighted by Crippen LogP contribution is -2.30. The lowest BCUT2D eigenvalue weighted by atomic mass is 9.79. The molecule has 2 nitrogen and oxygen atoms in total. The van der Waals surface area contributed by atoms with Crippen molar-refractivity contribution in [3.05, 3.63) is 194 Å². The van der Waals surface area contributed by atoms with Gasteiger partial charge in [-0.2, -0.15) is 4.57 Å². The van der Waals surface area contributed by atoms with Crippen molar-refractivity contribution in [2.75, 3.05) is 0 Å². The highest BCUT2D eigenvalue weighted by atomic mass is 15.2. The topological polar surface area (TPSA) is 8.81 Å². The Balaban J connectivity index is 1.34. The number of aromatic nitrogens is 2. The van der Waals surface area contributed by atoms with E-state index >= 15 is 0 Å². The molecule has 0 amide bonds. The highest BCUT2D eigenvalue weighted by molar-refractivity contribution is 6.04. The predicted molar refractivity (Wildman–Crippen MR) is 221 cm³/mol. The minimum Gasteiger partial charge on any atom is -0.225 e. The Bertz CT molecular complexity index is 2780. The minimum absolute atomic E-state index is 1.14. The Labute approximate surface area is 310 Å². The standard InChI is InChI=1S/C51H37N2/c1-34-32-46-43-26-13-11-24-41(43)39-22-9-10-23-40(39)42-25-12-14-27-44(42)47(46)33-45(34)51-52(2)48-30-15-16-31-49(48)53(51)50-37(35-18-5-3-6-19-35)28-17-29-38(50)36-20-7-4-8-21-36/h3-33H,1-2H3/q+1. The first-order valence-corrected chi connectivity index (χ1v) is 18.3. The van der Waals surface area contributed by atoms with Crippen LogP contribution in [-0.2, 0) is 7.05 Å². The van der Waals surface area contributed by atoms with Gasteiger partial charge in [0.05, 0.1) is 12.6 Å². The van der Waals surface area contributed by atoms with Gasteiger partial charge in [-0.3, -0.25) is 0 Å². The van der Waals surface area contributed by atoms with Crippen molar-refractivity contribution in [1.82, 2.24) is 4.57 Å². The number of imidazole rings is 1. The SMILES string of the molecule is Cc1cc2c(cc1-c1n(-c3c(-c4ccccc4)cccc3-c3ccccc3)c3ccccc3[n+]1C)-c1ccccc1-c1ccccc1-c1ccccc1-2. The fraction of sp³-hybridized carbons (Fsp3) is 0.0392. The Hall–Kier alpha value is -6.77. The van der Waals surface area contributed by atoms with Crippen LogP contribution in [0, 0.1) is 6.92 Å². The maximum absolute atomic E-state index is 2.52. The smallest absolute Gasteiger partial charge is 0.225 e. The molecule has 9 aromatic rings. The summed E-state index contributed by atoms with van der Waals surface area (Å²) < 4.78 is 4.91. The van der Waals surface area contributed by atoms with Crippen LogP contribution in [-0.4, -0.2) is 4.57 Å². The summed E-state index contributed by atoms with van der Waals surface area (Å²) >= 11 is 0. The van der Waals surface area contributed by atoms with Crippen LogP contribution in [0.25, 0.3) is 94.9 Å². The van der Waals surface area contributed by atoms with Gasteiger partial charge in [0.1, 0.15) is 5.69 Å². The maximum atomic E-state index is 2.52. The van der Waals surface area contributed by atoms with Gasteiger partial charge < -0.3 is 0 Å². The normalized spacial score (nSPS) is 11.6. The number of hydrogen-bond donors (Lipinski definition) is 0. The van der Waals surface area contributed by atoms with Gasteiger partial charge in [-0.05, 0) is 92.4 Å². The third kappa shape index (κ3) is 4.91. The summed E-state index contributed by atoms with van der Waals surface area (Å²) in [5.41, 5.74) is 20.7. The lowest BCUT2D eigenvalue weighted by Gasteiger charge is -2.24. The second kappa shape index (κ2) is 12.5. The van der Waals surface area contributed by atoms with Gasteiger partial charge in [-0.1, -0.05) is 164 Å². The van der Waals surface area contributed by atoms with E-state index in [1.807, 2.05) is 0 Å². The Morgan fingerprint density at radius 2 is 0.755 bits per heavy atom. The molecule has 0 radical (unpaired) electrons. The van der Waals surface area contributed by atoms with Gasteiger partial charge in [0.25, 0.3) is 5.82 Å². The maximum Gasteiger partial charge on any atom is 0.295 e. The van der Waals surface area contributed by atoms with Crippen LogP contribution >= 0.6 is 0 Å². The molecule has 250 valence electrons. The molecule has 0 spiro atoms. The number of rotatable bonds is 4. The van der Waals surface area contributed by atoms with Crippen molar-refractivity contribution in [3.63, 3.8) is 0 Å². The lowest BCUT2D eigenvalue weighted by molar-refractivity contribution is -0.633. The quantitative estimate of drug-likeness (QED) is 0.164. The molecular weight excluding hydrogens is 641 g/mol. The third-order valence-electron chi connectivity index (χ3n) is 11.0. The number of aryl methyl sites for hydroxylation is 2. The van der Waals surface area contributed by atoms with E-state index in [0.717, 1.165) is 11.3 Å². The second-order valence-corrected chi connectivity index (χ2v) is 14.0. The van der Waals surface area contributed by atoms with E-state index in [1.54, 1.807) is 0 Å². The van der Waals surface area contributed by atoms with E-state index in [9.17, 15) is 0 Å². The van der Waals surface area contributed by atoms with Crippen molar-refractivity contribution in [2.24, 2.45) is 7.05 Å². The van der Waals surface area contributed by atoms with Gasteiger partial charge in [-0.25, -0.2) is 4.57 Å². The highest BCUT2D eigenvalue weighted by Gasteiger charge is 2.32. The Kier molecular flexibility index (Phi) is 7.30. The summed E-state index contributed by atoms with van der Waals surface area (Å²) in [6.45, 7) is 2.28. The summed E-state index contributed by atoms with van der Waals surface area (Å²) in [6.07, 6.45) is 0. The van der Waals surface area contributed by atoms with Gasteiger partial charge in [-0.15, -0.1) is 0 Å². The van der Waals surface area contributed by atoms with E-state index in [1.165, 1.54) is 89.1 Å². The second-order valence-electron chi connectivity index (χ2n) is 14.0. The zero-order valence-electron chi connectivity index (χ0n) is 29.8. The Morgan fingerprint density at radius 1 is 0.358 bits per heavy atom. The first-order valence-electron chi connectivity index (χ1n) is 18.3. The monoisotopic (exact) mass is 677 g/mol. The molecule has 0 saturated heterocycles. The van der Waals surface area contributed by atoms with Crippen LogP contribution in [0.4, 0.5) is 0 Å². The molecule has 1 aliphatic carbocycles. The molecule has 1 aliphatic rings. The summed E-state index contributed by atoms with van der Waals surface area (Å²) in [5, 5.41) is 0. The summed E-state index contributed by atoms with van der Waals surface area (Å²) in [4.78, 5) is 0. The van der Waals surface area contributed by atoms with Crippen LogP contribution in [0.1, 0.15) is 5.56 Å². The van der Waals surface area contributed by atoms with Crippen molar-refractivity contribution in [3.8, 4) is 83.8 Å². The molecule has 8 aromatic carbocycles. The van der Waals surface area contributed by atoms with Crippen LogP contribution in [0.5, 0.6) is 0 Å². The number of benzene rings is 8. The van der Waals surface area contributed by atoms with Crippen LogP contribution < -0.4 is 4.57 Å². The van der Waals surface area contributed by atoms with E-state index in [4.69, 9.17) is 0 Å². The average molecular weight is 678 g/mol. The molecule has 53 heavy (non-hydrogen) atoms. The van der Waals surface area contributed by atoms with Crippen molar-refractivity contribution in [2.45, 2.75) is 6.92 Å². The van der Waals surface area contributed by atoms with Crippen molar-refractivity contribution < 1.29 is 4.57 Å². The molecule has 10 rings (SSSR count). The Morgan fingerprint density at radius 3 is 1.26 bits per heavy atom. The largest absolute Gasteiger partial charge is 0.295 e. The number of para-hydroxylation sites is 3. The fourth-order valence-corrected chi connectivity index (χ4v) is 8.58.